The summed E-state index contributed by atoms with van der Waals surface area (Å²) in [7, 11) is 1.32. The minimum Gasteiger partial charge on any atom is -0.467 e. The van der Waals surface area contributed by atoms with Crippen molar-refractivity contribution in [1.29, 1.82) is 0 Å². The topological polar surface area (TPSA) is 68.5 Å². The maximum Gasteiger partial charge on any atom is 0.329 e. The van der Waals surface area contributed by atoms with Gasteiger partial charge >= 0.3 is 5.97 Å². The SMILES string of the molecule is COC(=O)C(C)N(N)c1ccccn1. The Morgan fingerprint density at radius 2 is 2.36 bits per heavy atom. The van der Waals surface area contributed by atoms with Gasteiger partial charge in [-0.2, -0.15) is 0 Å². The molecule has 1 heterocycles. The number of hydrogen-bond acceptors (Lipinski definition) is 5. The third-order valence-corrected chi connectivity index (χ3v) is 1.87. The number of hydrazine groups is 1. The molecule has 76 valence electrons. The molecule has 5 nitrogen and oxygen atoms in total. The van der Waals surface area contributed by atoms with Crippen LogP contribution in [-0.4, -0.2) is 24.1 Å². The van der Waals surface area contributed by atoms with Crippen molar-refractivity contribution >= 4 is 11.8 Å². The zero-order valence-electron chi connectivity index (χ0n) is 8.18. The summed E-state index contributed by atoms with van der Waals surface area (Å²) in [6.45, 7) is 1.65. The van der Waals surface area contributed by atoms with Gasteiger partial charge in [-0.3, -0.25) is 5.01 Å². The highest BCUT2D eigenvalue weighted by Gasteiger charge is 2.19. The highest BCUT2D eigenvalue weighted by Crippen LogP contribution is 2.08. The highest BCUT2D eigenvalue weighted by molar-refractivity contribution is 5.78. The maximum absolute atomic E-state index is 11.2. The predicted octanol–water partition coefficient (Wildman–Crippen LogP) is 0.323. The van der Waals surface area contributed by atoms with Crippen molar-refractivity contribution in [3.05, 3.63) is 24.4 Å². The Bertz CT molecular complexity index is 302. The quantitative estimate of drug-likeness (QED) is 0.427. The van der Waals surface area contributed by atoms with Crippen LogP contribution in [-0.2, 0) is 9.53 Å². The van der Waals surface area contributed by atoms with Crippen molar-refractivity contribution in [2.24, 2.45) is 5.84 Å². The van der Waals surface area contributed by atoms with Crippen LogP contribution in [0, 0.1) is 0 Å². The minimum absolute atomic E-state index is 0.391. The molecule has 0 bridgehead atoms. The van der Waals surface area contributed by atoms with Gasteiger partial charge in [0.2, 0.25) is 0 Å². The second-order valence-corrected chi connectivity index (χ2v) is 2.79. The number of pyridine rings is 1. The smallest absolute Gasteiger partial charge is 0.329 e. The van der Waals surface area contributed by atoms with E-state index in [0.29, 0.717) is 5.82 Å². The van der Waals surface area contributed by atoms with E-state index in [-0.39, 0.29) is 0 Å². The minimum atomic E-state index is -0.546. The first kappa shape index (κ1) is 10.5. The maximum atomic E-state index is 11.2. The number of hydrogen-bond donors (Lipinski definition) is 1. The van der Waals surface area contributed by atoms with E-state index in [1.54, 1.807) is 31.3 Å². The van der Waals surface area contributed by atoms with Crippen LogP contribution in [0.4, 0.5) is 5.82 Å². The first-order valence-corrected chi connectivity index (χ1v) is 4.19. The standard InChI is InChI=1S/C9H13N3O2/c1-7(9(13)14-2)12(10)8-5-3-4-6-11-8/h3-7H,10H2,1-2H3. The molecule has 0 aliphatic heterocycles. The number of esters is 1. The van der Waals surface area contributed by atoms with E-state index in [2.05, 4.69) is 9.72 Å². The molecule has 0 amide bonds. The predicted molar refractivity (Wildman–Crippen MR) is 52.4 cm³/mol. The summed E-state index contributed by atoms with van der Waals surface area (Å²) < 4.78 is 4.57. The van der Waals surface area contributed by atoms with Gasteiger partial charge in [0.15, 0.2) is 0 Å². The molecule has 5 heteroatoms. The summed E-state index contributed by atoms with van der Waals surface area (Å²) in [5.74, 6) is 5.83. The number of carbonyl (C=O) groups is 1. The normalized spacial score (nSPS) is 11.9. The second kappa shape index (κ2) is 4.57. The van der Waals surface area contributed by atoms with E-state index in [1.165, 1.54) is 12.1 Å². The fraction of sp³-hybridized carbons (Fsp3) is 0.333. The molecule has 1 aromatic heterocycles. The Kier molecular flexibility index (Phi) is 3.41. The van der Waals surface area contributed by atoms with Crippen molar-refractivity contribution in [3.8, 4) is 0 Å². The van der Waals surface area contributed by atoms with Crippen molar-refractivity contribution in [3.63, 3.8) is 0 Å². The molecule has 1 unspecified atom stereocenters. The van der Waals surface area contributed by atoms with Crippen molar-refractivity contribution < 1.29 is 9.53 Å². The van der Waals surface area contributed by atoms with Crippen LogP contribution < -0.4 is 10.9 Å². The fourth-order valence-corrected chi connectivity index (χ4v) is 0.989. The average molecular weight is 195 g/mol. The van der Waals surface area contributed by atoms with Gasteiger partial charge in [-0.05, 0) is 19.1 Å². The lowest BCUT2D eigenvalue weighted by molar-refractivity contribution is -0.141. The van der Waals surface area contributed by atoms with Crippen LogP contribution in [0.2, 0.25) is 0 Å². The van der Waals surface area contributed by atoms with E-state index in [0.717, 1.165) is 0 Å². The van der Waals surface area contributed by atoms with E-state index < -0.39 is 12.0 Å². The van der Waals surface area contributed by atoms with E-state index >= 15 is 0 Å². The molecule has 0 spiro atoms. The number of carbonyl (C=O) groups excluding carboxylic acids is 1. The number of nitrogens with two attached hydrogens (primary N) is 1. The Balaban J connectivity index is 2.75. The number of ether oxygens (including phenoxy) is 1. The van der Waals surface area contributed by atoms with Crippen molar-refractivity contribution in [2.45, 2.75) is 13.0 Å². The summed E-state index contributed by atoms with van der Waals surface area (Å²) in [6, 6.07) is 4.75. The number of aromatic nitrogens is 1. The third-order valence-electron chi connectivity index (χ3n) is 1.87. The largest absolute Gasteiger partial charge is 0.467 e. The number of anilines is 1. The molecule has 0 aliphatic rings. The highest BCUT2D eigenvalue weighted by atomic mass is 16.5. The summed E-state index contributed by atoms with van der Waals surface area (Å²) in [5.41, 5.74) is 0. The van der Waals surface area contributed by atoms with E-state index in [4.69, 9.17) is 5.84 Å². The van der Waals surface area contributed by atoms with Crippen molar-refractivity contribution in [1.82, 2.24) is 4.98 Å². The van der Waals surface area contributed by atoms with Crippen LogP contribution >= 0.6 is 0 Å². The molecule has 1 aromatic rings. The number of methoxy groups -OCH3 is 1. The average Bonchev–Trinajstić information content (AvgIpc) is 2.27. The molecule has 0 saturated carbocycles. The van der Waals surface area contributed by atoms with Crippen LogP contribution in [0.15, 0.2) is 24.4 Å². The molecule has 2 N–H and O–H groups in total. The molecule has 0 aliphatic carbocycles. The molecular formula is C9H13N3O2. The van der Waals surface area contributed by atoms with Gasteiger partial charge < -0.3 is 4.74 Å². The fourth-order valence-electron chi connectivity index (χ4n) is 0.989. The van der Waals surface area contributed by atoms with Gasteiger partial charge in [0.05, 0.1) is 7.11 Å². The number of rotatable bonds is 3. The molecular weight excluding hydrogens is 182 g/mol. The molecule has 1 rings (SSSR count). The van der Waals surface area contributed by atoms with Gasteiger partial charge in [-0.15, -0.1) is 0 Å². The van der Waals surface area contributed by atoms with E-state index in [9.17, 15) is 4.79 Å². The van der Waals surface area contributed by atoms with Gasteiger partial charge in [0.1, 0.15) is 11.9 Å². The Labute approximate surface area is 82.5 Å². The Morgan fingerprint density at radius 3 is 2.86 bits per heavy atom. The summed E-state index contributed by atoms with van der Waals surface area (Å²) in [6.07, 6.45) is 1.61. The van der Waals surface area contributed by atoms with Crippen LogP contribution in [0.25, 0.3) is 0 Å². The Hall–Kier alpha value is -1.62. The summed E-state index contributed by atoms with van der Waals surface area (Å²) >= 11 is 0. The van der Waals surface area contributed by atoms with Crippen LogP contribution in [0.3, 0.4) is 0 Å². The van der Waals surface area contributed by atoms with E-state index in [1.807, 2.05) is 0 Å². The number of nitrogens with zero attached hydrogens (tertiary/aromatic N) is 2. The van der Waals surface area contributed by atoms with Gasteiger partial charge in [0, 0.05) is 6.20 Å². The first-order chi connectivity index (χ1) is 6.66. The third kappa shape index (κ3) is 2.20. The van der Waals surface area contributed by atoms with Gasteiger partial charge in [-0.1, -0.05) is 6.07 Å². The zero-order chi connectivity index (χ0) is 10.6. The van der Waals surface area contributed by atoms with Crippen LogP contribution in [0.5, 0.6) is 0 Å². The lowest BCUT2D eigenvalue weighted by Gasteiger charge is -2.22. The first-order valence-electron chi connectivity index (χ1n) is 4.19. The van der Waals surface area contributed by atoms with Crippen molar-refractivity contribution in [2.75, 3.05) is 12.1 Å². The molecule has 0 radical (unpaired) electrons. The monoisotopic (exact) mass is 195 g/mol. The molecule has 1 atom stereocenters. The summed E-state index contributed by atoms with van der Waals surface area (Å²) in [5, 5.41) is 1.27. The molecule has 14 heavy (non-hydrogen) atoms. The van der Waals surface area contributed by atoms with Crippen LogP contribution in [0.1, 0.15) is 6.92 Å². The lowest BCUT2D eigenvalue weighted by atomic mass is 10.3. The summed E-state index contributed by atoms with van der Waals surface area (Å²) in [4.78, 5) is 15.2. The second-order valence-electron chi connectivity index (χ2n) is 2.79. The molecule has 0 saturated heterocycles. The lowest BCUT2D eigenvalue weighted by Crippen LogP contribution is -2.45. The van der Waals surface area contributed by atoms with Gasteiger partial charge in [-0.25, -0.2) is 15.6 Å². The Morgan fingerprint density at radius 1 is 1.64 bits per heavy atom. The van der Waals surface area contributed by atoms with Gasteiger partial charge in [0.25, 0.3) is 0 Å². The molecule has 0 fully saturated rings. The molecule has 0 aromatic carbocycles. The zero-order valence-corrected chi connectivity index (χ0v) is 8.18.